The van der Waals surface area contributed by atoms with Crippen molar-refractivity contribution >= 4 is 0 Å². The van der Waals surface area contributed by atoms with Gasteiger partial charge in [0.1, 0.15) is 12.3 Å². The number of rotatable bonds is 0. The van der Waals surface area contributed by atoms with Crippen LogP contribution in [0.5, 0.6) is 0 Å². The van der Waals surface area contributed by atoms with Crippen molar-refractivity contribution in [3.05, 3.63) is 24.0 Å². The van der Waals surface area contributed by atoms with Crippen molar-refractivity contribution in [1.29, 1.82) is 5.26 Å². The standard InChI is InChI=1S/C5H2N3/c6-3-5-1-2-7-8-4-5/h1-2H. The second kappa shape index (κ2) is 2.03. The van der Waals surface area contributed by atoms with E-state index in [0.717, 1.165) is 0 Å². The van der Waals surface area contributed by atoms with Gasteiger partial charge in [0.15, 0.2) is 0 Å². The predicted molar refractivity (Wildman–Crippen MR) is 25.6 cm³/mol. The van der Waals surface area contributed by atoms with Gasteiger partial charge in [-0.05, 0) is 6.07 Å². The van der Waals surface area contributed by atoms with Crippen LogP contribution in [0.2, 0.25) is 0 Å². The van der Waals surface area contributed by atoms with Crippen molar-refractivity contribution in [2.24, 2.45) is 0 Å². The van der Waals surface area contributed by atoms with Crippen LogP contribution in [0.1, 0.15) is 5.56 Å². The fourth-order valence-electron chi connectivity index (χ4n) is 0.323. The molecule has 1 aromatic heterocycles. The van der Waals surface area contributed by atoms with Crippen molar-refractivity contribution in [3.63, 3.8) is 0 Å². The van der Waals surface area contributed by atoms with E-state index in [0.29, 0.717) is 5.56 Å². The molecule has 1 radical (unpaired) electrons. The summed E-state index contributed by atoms with van der Waals surface area (Å²) in [5.74, 6) is 0. The summed E-state index contributed by atoms with van der Waals surface area (Å²) in [5, 5.41) is 15.0. The minimum Gasteiger partial charge on any atom is -0.192 e. The molecule has 1 rings (SSSR count). The van der Waals surface area contributed by atoms with Crippen LogP contribution in [0.4, 0.5) is 0 Å². The molecule has 0 saturated carbocycles. The van der Waals surface area contributed by atoms with Crippen LogP contribution in [0, 0.1) is 17.5 Å². The summed E-state index contributed by atoms with van der Waals surface area (Å²) in [4.78, 5) is 0. The van der Waals surface area contributed by atoms with Gasteiger partial charge in [-0.2, -0.15) is 10.4 Å². The summed E-state index contributed by atoms with van der Waals surface area (Å²) in [6.45, 7) is 0. The van der Waals surface area contributed by atoms with E-state index in [2.05, 4.69) is 16.4 Å². The van der Waals surface area contributed by atoms with Crippen LogP contribution in [0.3, 0.4) is 0 Å². The Labute approximate surface area is 46.6 Å². The first-order valence-corrected chi connectivity index (χ1v) is 2.03. The number of aromatic nitrogens is 2. The van der Waals surface area contributed by atoms with E-state index < -0.39 is 0 Å². The van der Waals surface area contributed by atoms with Crippen molar-refractivity contribution in [2.75, 3.05) is 0 Å². The highest BCUT2D eigenvalue weighted by molar-refractivity contribution is 5.20. The molecule has 8 heavy (non-hydrogen) atoms. The number of hydrogen-bond acceptors (Lipinski definition) is 3. The summed E-state index contributed by atoms with van der Waals surface area (Å²) < 4.78 is 0. The molecule has 1 aromatic rings. The Morgan fingerprint density at radius 3 is 3.00 bits per heavy atom. The maximum absolute atomic E-state index is 8.19. The number of hydrogen-bond donors (Lipinski definition) is 0. The highest BCUT2D eigenvalue weighted by Gasteiger charge is 1.83. The van der Waals surface area contributed by atoms with Gasteiger partial charge in [-0.25, -0.2) is 0 Å². The lowest BCUT2D eigenvalue weighted by Crippen LogP contribution is -1.79. The molecule has 0 aliphatic heterocycles. The minimum absolute atomic E-state index is 0.417. The molecule has 3 nitrogen and oxygen atoms in total. The average Bonchev–Trinajstić information content (AvgIpc) is 1.90. The molecule has 0 bridgehead atoms. The third kappa shape index (κ3) is 0.793. The van der Waals surface area contributed by atoms with Gasteiger partial charge in [-0.1, -0.05) is 0 Å². The minimum atomic E-state index is 0.417. The molecule has 0 aliphatic carbocycles. The number of nitriles is 1. The first-order chi connectivity index (χ1) is 3.93. The maximum Gasteiger partial charge on any atom is 0.132 e. The highest BCUT2D eigenvalue weighted by Crippen LogP contribution is 1.85. The molecular weight excluding hydrogens is 102 g/mol. The second-order valence-electron chi connectivity index (χ2n) is 1.17. The first kappa shape index (κ1) is 4.72. The van der Waals surface area contributed by atoms with Gasteiger partial charge >= 0.3 is 0 Å². The molecule has 0 aromatic carbocycles. The van der Waals surface area contributed by atoms with Gasteiger partial charge < -0.3 is 0 Å². The van der Waals surface area contributed by atoms with Crippen LogP contribution in [-0.2, 0) is 0 Å². The Balaban J connectivity index is 3.05. The Bertz CT molecular complexity index is 199. The van der Waals surface area contributed by atoms with Gasteiger partial charge in [0.2, 0.25) is 0 Å². The summed E-state index contributed by atoms with van der Waals surface area (Å²) in [7, 11) is 0. The molecule has 0 saturated heterocycles. The van der Waals surface area contributed by atoms with Crippen molar-refractivity contribution in [1.82, 2.24) is 10.2 Å². The zero-order valence-corrected chi connectivity index (χ0v) is 4.00. The predicted octanol–water partition coefficient (Wildman–Crippen LogP) is 0.148. The molecule has 1 heterocycles. The topological polar surface area (TPSA) is 49.6 Å². The largest absolute Gasteiger partial charge is 0.192 e. The van der Waals surface area contributed by atoms with E-state index in [4.69, 9.17) is 5.26 Å². The SMILES string of the molecule is N#Cc1[c]nncc1. The van der Waals surface area contributed by atoms with E-state index in [-0.39, 0.29) is 0 Å². The molecule has 0 fully saturated rings. The van der Waals surface area contributed by atoms with Crippen LogP contribution in [0.15, 0.2) is 12.3 Å². The molecule has 3 heteroatoms. The Kier molecular flexibility index (Phi) is 1.20. The van der Waals surface area contributed by atoms with Gasteiger partial charge in [-0.3, -0.25) is 0 Å². The smallest absolute Gasteiger partial charge is 0.132 e. The van der Waals surface area contributed by atoms with Crippen molar-refractivity contribution in [3.8, 4) is 6.07 Å². The van der Waals surface area contributed by atoms with Crippen molar-refractivity contribution in [2.45, 2.75) is 0 Å². The zero-order valence-electron chi connectivity index (χ0n) is 4.00. The third-order valence-corrected chi connectivity index (χ3v) is 0.657. The van der Waals surface area contributed by atoms with Crippen LogP contribution < -0.4 is 0 Å². The zero-order chi connectivity index (χ0) is 5.82. The molecule has 0 atom stereocenters. The number of nitrogens with zero attached hydrogens (tertiary/aromatic N) is 3. The molecule has 0 N–H and O–H groups in total. The fraction of sp³-hybridized carbons (Fsp3) is 0. The van der Waals surface area contributed by atoms with Gasteiger partial charge in [0.25, 0.3) is 0 Å². The van der Waals surface area contributed by atoms with Crippen molar-refractivity contribution < 1.29 is 0 Å². The Morgan fingerprint density at radius 2 is 2.62 bits per heavy atom. The van der Waals surface area contributed by atoms with Gasteiger partial charge in [0.05, 0.1) is 11.8 Å². The lowest BCUT2D eigenvalue weighted by Gasteiger charge is -1.77. The Morgan fingerprint density at radius 1 is 1.75 bits per heavy atom. The van der Waals surface area contributed by atoms with E-state index >= 15 is 0 Å². The summed E-state index contributed by atoms with van der Waals surface area (Å²) in [5.41, 5.74) is 0.417. The normalized spacial score (nSPS) is 7.88. The lowest BCUT2D eigenvalue weighted by molar-refractivity contribution is 1.02. The third-order valence-electron chi connectivity index (χ3n) is 0.657. The van der Waals surface area contributed by atoms with Gasteiger partial charge in [-0.15, -0.1) is 5.10 Å². The summed E-state index contributed by atoms with van der Waals surface area (Å²) in [6, 6.07) is 3.42. The molecule has 37 valence electrons. The summed E-state index contributed by atoms with van der Waals surface area (Å²) in [6.07, 6.45) is 3.85. The van der Waals surface area contributed by atoms with Crippen LogP contribution >= 0.6 is 0 Å². The first-order valence-electron chi connectivity index (χ1n) is 2.03. The second-order valence-corrected chi connectivity index (χ2v) is 1.17. The Hall–Kier alpha value is -1.43. The quantitative estimate of drug-likeness (QED) is 0.470. The molecule has 0 amide bonds. The fourth-order valence-corrected chi connectivity index (χ4v) is 0.323. The van der Waals surface area contributed by atoms with E-state index in [1.54, 1.807) is 6.07 Å². The summed E-state index contributed by atoms with van der Waals surface area (Å²) >= 11 is 0. The maximum atomic E-state index is 8.19. The van der Waals surface area contributed by atoms with E-state index in [9.17, 15) is 0 Å². The highest BCUT2D eigenvalue weighted by atomic mass is 15.1. The van der Waals surface area contributed by atoms with E-state index in [1.807, 2.05) is 6.07 Å². The van der Waals surface area contributed by atoms with Gasteiger partial charge in [0, 0.05) is 0 Å². The molecule has 0 aliphatic rings. The van der Waals surface area contributed by atoms with Crippen LogP contribution in [0.25, 0.3) is 0 Å². The lowest BCUT2D eigenvalue weighted by atomic mass is 10.4. The molecular formula is C5H2N3. The van der Waals surface area contributed by atoms with Crippen LogP contribution in [-0.4, -0.2) is 10.2 Å². The average molecular weight is 104 g/mol. The monoisotopic (exact) mass is 104 g/mol. The molecule has 0 spiro atoms. The van der Waals surface area contributed by atoms with E-state index in [1.165, 1.54) is 6.20 Å². The molecule has 0 unspecified atom stereocenters.